The van der Waals surface area contributed by atoms with Gasteiger partial charge in [-0.1, -0.05) is 49.4 Å². The maximum absolute atomic E-state index is 13.2. The van der Waals surface area contributed by atoms with Gasteiger partial charge >= 0.3 is 12.1 Å². The lowest BCUT2D eigenvalue weighted by atomic mass is 10.1. The highest BCUT2D eigenvalue weighted by Gasteiger charge is 2.38. The van der Waals surface area contributed by atoms with E-state index in [0.29, 0.717) is 17.8 Å². The summed E-state index contributed by atoms with van der Waals surface area (Å²) in [4.78, 5) is 24.1. The molecular formula is C28H31F3N4O5S. The lowest BCUT2D eigenvalue weighted by Crippen LogP contribution is -2.43. The normalized spacial score (nSPS) is 13.5. The van der Waals surface area contributed by atoms with Gasteiger partial charge in [-0.15, -0.1) is 0 Å². The van der Waals surface area contributed by atoms with Gasteiger partial charge in [0.2, 0.25) is 0 Å². The lowest BCUT2D eigenvalue weighted by molar-refractivity contribution is -0.192. The number of carboxylic acid groups (broad SMARTS) is 1. The molecule has 1 aliphatic rings. The molecule has 0 saturated carbocycles. The Labute approximate surface area is 236 Å². The molecule has 0 radical (unpaired) electrons. The van der Waals surface area contributed by atoms with Gasteiger partial charge in [-0.3, -0.25) is 9.52 Å². The fourth-order valence-electron chi connectivity index (χ4n) is 3.93. The van der Waals surface area contributed by atoms with Crippen molar-refractivity contribution < 1.29 is 36.3 Å². The summed E-state index contributed by atoms with van der Waals surface area (Å²) in [5.41, 5.74) is 3.61. The number of halogens is 3. The number of rotatable bonds is 8. The molecule has 1 heterocycles. The number of nitrogens with one attached hydrogen (secondary N) is 3. The molecule has 0 aromatic heterocycles. The number of hydrogen-bond donors (Lipinski definition) is 4. The largest absolute Gasteiger partial charge is 0.490 e. The van der Waals surface area contributed by atoms with Crippen LogP contribution >= 0.6 is 0 Å². The van der Waals surface area contributed by atoms with Crippen molar-refractivity contribution in [1.82, 2.24) is 10.6 Å². The van der Waals surface area contributed by atoms with Crippen molar-refractivity contribution in [3.05, 3.63) is 89.5 Å². The Bertz CT molecular complexity index is 1430. The summed E-state index contributed by atoms with van der Waals surface area (Å²) >= 11 is 0. The van der Waals surface area contributed by atoms with E-state index in [1.54, 1.807) is 24.3 Å². The molecule has 0 unspecified atom stereocenters. The fourth-order valence-corrected chi connectivity index (χ4v) is 4.99. The van der Waals surface area contributed by atoms with Crippen molar-refractivity contribution >= 4 is 33.3 Å². The van der Waals surface area contributed by atoms with Gasteiger partial charge < -0.3 is 20.6 Å². The van der Waals surface area contributed by atoms with Crippen LogP contribution in [0.15, 0.2) is 77.7 Å². The molecule has 3 aromatic carbocycles. The van der Waals surface area contributed by atoms with Crippen LogP contribution in [0.4, 0.5) is 24.5 Å². The topological polar surface area (TPSA) is 128 Å². The Morgan fingerprint density at radius 3 is 2.12 bits per heavy atom. The first-order valence-corrected chi connectivity index (χ1v) is 14.2. The number of alkyl halides is 3. The van der Waals surface area contributed by atoms with Gasteiger partial charge in [0.1, 0.15) is 0 Å². The van der Waals surface area contributed by atoms with Gasteiger partial charge in [0.25, 0.3) is 15.9 Å². The molecule has 13 heteroatoms. The summed E-state index contributed by atoms with van der Waals surface area (Å²) in [5.74, 6) is -3.02. The Balaban J connectivity index is 0.000000587. The Hall–Kier alpha value is -4.10. The molecule has 0 atom stereocenters. The number of amides is 1. The molecule has 41 heavy (non-hydrogen) atoms. The Morgan fingerprint density at radius 2 is 1.56 bits per heavy atom. The second-order valence-corrected chi connectivity index (χ2v) is 10.7. The SMILES string of the molecule is CCc1ccc(S(=O)(=O)Nc2cc(C(=O)NCc3ccccc3)ccc2N2CCNCC2)cc1.O=C(O)C(F)(F)F. The number of aryl methyl sites for hydroxylation is 1. The number of hydrogen-bond acceptors (Lipinski definition) is 6. The first-order valence-electron chi connectivity index (χ1n) is 12.7. The second kappa shape index (κ2) is 14.0. The number of aliphatic carboxylic acids is 1. The zero-order chi connectivity index (χ0) is 30.0. The van der Waals surface area contributed by atoms with Gasteiger partial charge in [0.15, 0.2) is 0 Å². The minimum absolute atomic E-state index is 0.190. The zero-order valence-corrected chi connectivity index (χ0v) is 23.1. The van der Waals surface area contributed by atoms with E-state index in [-0.39, 0.29) is 10.8 Å². The Morgan fingerprint density at radius 1 is 0.951 bits per heavy atom. The average molecular weight is 593 g/mol. The van der Waals surface area contributed by atoms with E-state index >= 15 is 0 Å². The molecule has 9 nitrogen and oxygen atoms in total. The molecule has 1 saturated heterocycles. The summed E-state index contributed by atoms with van der Waals surface area (Å²) in [6.07, 6.45) is -4.25. The quantitative estimate of drug-likeness (QED) is 0.311. The minimum Gasteiger partial charge on any atom is -0.475 e. The molecule has 0 spiro atoms. The van der Waals surface area contributed by atoms with Crippen molar-refractivity contribution in [2.45, 2.75) is 31.0 Å². The highest BCUT2D eigenvalue weighted by atomic mass is 32.2. The number of anilines is 2. The minimum atomic E-state index is -5.08. The van der Waals surface area contributed by atoms with Crippen molar-refractivity contribution in [2.24, 2.45) is 0 Å². The Kier molecular flexibility index (Phi) is 10.7. The number of piperazine rings is 1. The number of carbonyl (C=O) groups excluding carboxylic acids is 1. The van der Waals surface area contributed by atoms with Crippen LogP contribution in [-0.2, 0) is 27.8 Å². The molecule has 1 amide bonds. The van der Waals surface area contributed by atoms with Gasteiger partial charge in [-0.2, -0.15) is 13.2 Å². The van der Waals surface area contributed by atoms with E-state index in [2.05, 4.69) is 20.3 Å². The molecule has 4 rings (SSSR count). The standard InChI is InChI=1S/C26H30N4O3S.C2HF3O2/c1-2-20-8-11-23(12-9-20)34(32,33)29-24-18-22(10-13-25(24)30-16-14-27-15-17-30)26(31)28-19-21-6-4-3-5-7-21;3-2(4,5)1(6)7/h3-13,18,27,29H,2,14-17,19H2,1H3,(H,28,31);(H,6,7). The van der Waals surface area contributed by atoms with E-state index in [1.165, 1.54) is 0 Å². The summed E-state index contributed by atoms with van der Waals surface area (Å²) < 4.78 is 60.8. The second-order valence-electron chi connectivity index (χ2n) is 9.04. The van der Waals surface area contributed by atoms with Crippen LogP contribution in [-0.4, -0.2) is 57.8 Å². The number of nitrogens with zero attached hydrogens (tertiary/aromatic N) is 1. The van der Waals surface area contributed by atoms with Gasteiger partial charge in [-0.05, 0) is 47.9 Å². The lowest BCUT2D eigenvalue weighted by Gasteiger charge is -2.31. The molecule has 4 N–H and O–H groups in total. The fraction of sp³-hybridized carbons (Fsp3) is 0.286. The number of carbonyl (C=O) groups is 2. The van der Waals surface area contributed by atoms with Crippen molar-refractivity contribution in [3.8, 4) is 0 Å². The molecule has 1 aliphatic heterocycles. The average Bonchev–Trinajstić information content (AvgIpc) is 2.96. The van der Waals surface area contributed by atoms with E-state index in [0.717, 1.165) is 49.4 Å². The molecule has 0 aliphatic carbocycles. The highest BCUT2D eigenvalue weighted by molar-refractivity contribution is 7.92. The molecule has 1 fully saturated rings. The maximum atomic E-state index is 13.2. The van der Waals surface area contributed by atoms with Crippen LogP contribution < -0.4 is 20.3 Å². The van der Waals surface area contributed by atoms with E-state index < -0.39 is 22.2 Å². The third-order valence-electron chi connectivity index (χ3n) is 6.14. The smallest absolute Gasteiger partial charge is 0.475 e. The highest BCUT2D eigenvalue weighted by Crippen LogP contribution is 2.30. The first kappa shape index (κ1) is 31.4. The molecule has 3 aromatic rings. The summed E-state index contributed by atoms with van der Waals surface area (Å²) in [6, 6.07) is 21.7. The van der Waals surface area contributed by atoms with Crippen LogP contribution in [0.1, 0.15) is 28.4 Å². The first-order chi connectivity index (χ1) is 19.4. The molecular weight excluding hydrogens is 561 g/mol. The number of carboxylic acids is 1. The van der Waals surface area contributed by atoms with E-state index in [9.17, 15) is 26.4 Å². The van der Waals surface area contributed by atoms with Crippen LogP contribution in [0, 0.1) is 0 Å². The van der Waals surface area contributed by atoms with Gasteiger partial charge in [-0.25, -0.2) is 13.2 Å². The summed E-state index contributed by atoms with van der Waals surface area (Å²) in [6.45, 7) is 5.53. The van der Waals surface area contributed by atoms with Crippen LogP contribution in [0.5, 0.6) is 0 Å². The molecule has 220 valence electrons. The summed E-state index contributed by atoms with van der Waals surface area (Å²) in [5, 5.41) is 13.3. The predicted molar refractivity (Wildman–Crippen MR) is 149 cm³/mol. The number of sulfonamides is 1. The van der Waals surface area contributed by atoms with E-state index in [1.807, 2.05) is 55.5 Å². The predicted octanol–water partition coefficient (Wildman–Crippen LogP) is 4.02. The van der Waals surface area contributed by atoms with Crippen LogP contribution in [0.2, 0.25) is 0 Å². The van der Waals surface area contributed by atoms with Gasteiger partial charge in [0.05, 0.1) is 16.3 Å². The summed E-state index contributed by atoms with van der Waals surface area (Å²) in [7, 11) is -3.82. The third kappa shape index (κ3) is 9.22. The van der Waals surface area contributed by atoms with Crippen molar-refractivity contribution in [3.63, 3.8) is 0 Å². The monoisotopic (exact) mass is 592 g/mol. The van der Waals surface area contributed by atoms with Crippen molar-refractivity contribution in [2.75, 3.05) is 35.8 Å². The van der Waals surface area contributed by atoms with Crippen molar-refractivity contribution in [1.29, 1.82) is 0 Å². The zero-order valence-electron chi connectivity index (χ0n) is 22.2. The number of benzene rings is 3. The molecule has 0 bridgehead atoms. The van der Waals surface area contributed by atoms with Gasteiger partial charge in [0, 0.05) is 38.3 Å². The third-order valence-corrected chi connectivity index (χ3v) is 7.52. The van der Waals surface area contributed by atoms with E-state index in [4.69, 9.17) is 9.90 Å². The van der Waals surface area contributed by atoms with Crippen LogP contribution in [0.3, 0.4) is 0 Å². The maximum Gasteiger partial charge on any atom is 0.490 e. The van der Waals surface area contributed by atoms with Crippen LogP contribution in [0.25, 0.3) is 0 Å².